The summed E-state index contributed by atoms with van der Waals surface area (Å²) >= 11 is 0. The molecule has 1 heterocycles. The molecule has 0 aliphatic carbocycles. The zero-order chi connectivity index (χ0) is 6.85. The van der Waals surface area contributed by atoms with Crippen molar-refractivity contribution in [3.63, 3.8) is 0 Å². The summed E-state index contributed by atoms with van der Waals surface area (Å²) in [5.74, 6) is 1.07. The average molecular weight is 127 g/mol. The monoisotopic (exact) mass is 127 g/mol. The van der Waals surface area contributed by atoms with Crippen molar-refractivity contribution in [2.45, 2.75) is 20.3 Å². The molecule has 0 spiro atoms. The highest BCUT2D eigenvalue weighted by Crippen LogP contribution is 2.19. The van der Waals surface area contributed by atoms with E-state index in [4.69, 9.17) is 0 Å². The predicted molar refractivity (Wildman–Crippen MR) is 36.0 cm³/mol. The molecule has 0 aromatic rings. The molecule has 1 saturated heterocycles. The smallest absolute Gasteiger partial charge is 0.223 e. The number of amides is 1. The van der Waals surface area contributed by atoms with Crippen molar-refractivity contribution in [2.75, 3.05) is 6.54 Å². The van der Waals surface area contributed by atoms with Gasteiger partial charge in [0.15, 0.2) is 0 Å². The van der Waals surface area contributed by atoms with E-state index < -0.39 is 0 Å². The third-order valence-electron chi connectivity index (χ3n) is 2.06. The molecule has 1 N–H and O–H groups in total. The largest absolute Gasteiger partial charge is 0.356 e. The zero-order valence-corrected chi connectivity index (χ0v) is 5.98. The van der Waals surface area contributed by atoms with Crippen LogP contribution in [0.3, 0.4) is 0 Å². The van der Waals surface area contributed by atoms with Gasteiger partial charge in [-0.3, -0.25) is 4.79 Å². The van der Waals surface area contributed by atoms with E-state index in [1.807, 2.05) is 0 Å². The fourth-order valence-electron chi connectivity index (χ4n) is 1.38. The van der Waals surface area contributed by atoms with Crippen molar-refractivity contribution in [1.82, 2.24) is 5.32 Å². The summed E-state index contributed by atoms with van der Waals surface area (Å²) < 4.78 is 0. The Kier molecular flexibility index (Phi) is 1.74. The molecule has 2 nitrogen and oxygen atoms in total. The molecule has 0 aromatic carbocycles. The van der Waals surface area contributed by atoms with E-state index in [0.29, 0.717) is 5.92 Å². The highest BCUT2D eigenvalue weighted by Gasteiger charge is 2.28. The summed E-state index contributed by atoms with van der Waals surface area (Å²) in [4.78, 5) is 10.9. The lowest BCUT2D eigenvalue weighted by molar-refractivity contribution is -0.122. The lowest BCUT2D eigenvalue weighted by Gasteiger charge is -2.06. The molecule has 2 heteroatoms. The molecular formula is C7H13NO. The van der Waals surface area contributed by atoms with Crippen LogP contribution in [0.25, 0.3) is 0 Å². The van der Waals surface area contributed by atoms with Gasteiger partial charge in [-0.2, -0.15) is 0 Å². The molecule has 9 heavy (non-hydrogen) atoms. The van der Waals surface area contributed by atoms with Gasteiger partial charge in [0.05, 0.1) is 0 Å². The van der Waals surface area contributed by atoms with Crippen LogP contribution in [-0.2, 0) is 4.79 Å². The van der Waals surface area contributed by atoms with Gasteiger partial charge in [-0.1, -0.05) is 13.8 Å². The van der Waals surface area contributed by atoms with Crippen LogP contribution < -0.4 is 5.32 Å². The summed E-state index contributed by atoms with van der Waals surface area (Å²) in [7, 11) is 0. The maximum Gasteiger partial charge on any atom is 0.223 e. The highest BCUT2D eigenvalue weighted by atomic mass is 16.2. The molecule has 1 aliphatic rings. The molecule has 1 aliphatic heterocycles. The van der Waals surface area contributed by atoms with Gasteiger partial charge in [0.2, 0.25) is 5.91 Å². The van der Waals surface area contributed by atoms with Crippen LogP contribution in [0.1, 0.15) is 20.3 Å². The summed E-state index contributed by atoms with van der Waals surface area (Å²) in [6, 6.07) is 0. The van der Waals surface area contributed by atoms with Crippen LogP contribution in [0, 0.1) is 11.8 Å². The van der Waals surface area contributed by atoms with E-state index in [1.54, 1.807) is 0 Å². The maximum absolute atomic E-state index is 10.9. The summed E-state index contributed by atoms with van der Waals surface area (Å²) in [5.41, 5.74) is 0. The summed E-state index contributed by atoms with van der Waals surface area (Å²) in [6.07, 6.45) is 0.979. The van der Waals surface area contributed by atoms with Crippen molar-refractivity contribution >= 4 is 5.91 Å². The molecule has 0 aromatic heterocycles. The van der Waals surface area contributed by atoms with Gasteiger partial charge in [0, 0.05) is 12.5 Å². The topological polar surface area (TPSA) is 29.1 Å². The van der Waals surface area contributed by atoms with E-state index in [2.05, 4.69) is 19.2 Å². The standard InChI is InChI=1S/C7H13NO/c1-3-6-5(2)4-8-7(6)9/h5-6H,3-4H2,1-2H3,(H,8,9). The Morgan fingerprint density at radius 1 is 1.78 bits per heavy atom. The highest BCUT2D eigenvalue weighted by molar-refractivity contribution is 5.80. The first kappa shape index (κ1) is 6.59. The van der Waals surface area contributed by atoms with Gasteiger partial charge in [0.25, 0.3) is 0 Å². The average Bonchev–Trinajstić information content (AvgIpc) is 2.12. The van der Waals surface area contributed by atoms with E-state index in [-0.39, 0.29) is 11.8 Å². The minimum Gasteiger partial charge on any atom is -0.356 e. The number of hydrogen-bond donors (Lipinski definition) is 1. The second kappa shape index (κ2) is 2.38. The molecule has 0 radical (unpaired) electrons. The predicted octanol–water partition coefficient (Wildman–Crippen LogP) is 0.778. The molecular weight excluding hydrogens is 114 g/mol. The molecule has 52 valence electrons. The van der Waals surface area contributed by atoms with Gasteiger partial charge in [-0.05, 0) is 12.3 Å². The zero-order valence-electron chi connectivity index (χ0n) is 5.98. The van der Waals surface area contributed by atoms with E-state index in [1.165, 1.54) is 0 Å². The number of rotatable bonds is 1. The van der Waals surface area contributed by atoms with Crippen LogP contribution in [0.15, 0.2) is 0 Å². The fraction of sp³-hybridized carbons (Fsp3) is 0.857. The van der Waals surface area contributed by atoms with Crippen LogP contribution in [0.4, 0.5) is 0 Å². The Bertz CT molecular complexity index is 122. The minimum absolute atomic E-state index is 0.241. The normalized spacial score (nSPS) is 34.7. The lowest BCUT2D eigenvalue weighted by atomic mass is 9.95. The molecule has 0 bridgehead atoms. The van der Waals surface area contributed by atoms with Crippen LogP contribution in [-0.4, -0.2) is 12.5 Å². The maximum atomic E-state index is 10.9. The summed E-state index contributed by atoms with van der Waals surface area (Å²) in [5, 5.41) is 2.83. The Morgan fingerprint density at radius 2 is 2.44 bits per heavy atom. The molecule has 1 rings (SSSR count). The number of hydrogen-bond acceptors (Lipinski definition) is 1. The third-order valence-corrected chi connectivity index (χ3v) is 2.06. The van der Waals surface area contributed by atoms with Crippen LogP contribution >= 0.6 is 0 Å². The Hall–Kier alpha value is -0.530. The van der Waals surface area contributed by atoms with Crippen molar-refractivity contribution in [2.24, 2.45) is 11.8 Å². The van der Waals surface area contributed by atoms with E-state index in [9.17, 15) is 4.79 Å². The lowest BCUT2D eigenvalue weighted by Crippen LogP contribution is -2.18. The first-order valence-corrected chi connectivity index (χ1v) is 3.53. The van der Waals surface area contributed by atoms with Crippen molar-refractivity contribution in [1.29, 1.82) is 0 Å². The van der Waals surface area contributed by atoms with Crippen molar-refractivity contribution in [3.05, 3.63) is 0 Å². The quantitative estimate of drug-likeness (QED) is 0.554. The van der Waals surface area contributed by atoms with Gasteiger partial charge in [0.1, 0.15) is 0 Å². The Labute approximate surface area is 55.6 Å². The van der Waals surface area contributed by atoms with E-state index >= 15 is 0 Å². The molecule has 0 saturated carbocycles. The number of nitrogens with one attached hydrogen (secondary N) is 1. The number of carbonyl (C=O) groups excluding carboxylic acids is 1. The van der Waals surface area contributed by atoms with Gasteiger partial charge in [-0.15, -0.1) is 0 Å². The molecule has 2 atom stereocenters. The molecule has 2 unspecified atom stereocenters. The molecule has 1 amide bonds. The van der Waals surface area contributed by atoms with Crippen molar-refractivity contribution < 1.29 is 4.79 Å². The van der Waals surface area contributed by atoms with E-state index in [0.717, 1.165) is 13.0 Å². The summed E-state index contributed by atoms with van der Waals surface area (Å²) in [6.45, 7) is 5.05. The van der Waals surface area contributed by atoms with Crippen molar-refractivity contribution in [3.8, 4) is 0 Å². The third kappa shape index (κ3) is 1.07. The first-order chi connectivity index (χ1) is 4.25. The second-order valence-corrected chi connectivity index (χ2v) is 2.74. The second-order valence-electron chi connectivity index (χ2n) is 2.74. The fourth-order valence-corrected chi connectivity index (χ4v) is 1.38. The molecule has 1 fully saturated rings. The number of carbonyl (C=O) groups is 1. The Balaban J connectivity index is 2.55. The van der Waals surface area contributed by atoms with Gasteiger partial charge >= 0.3 is 0 Å². The SMILES string of the molecule is CCC1C(=O)NCC1C. The van der Waals surface area contributed by atoms with Gasteiger partial charge < -0.3 is 5.32 Å². The minimum atomic E-state index is 0.241. The van der Waals surface area contributed by atoms with Crippen LogP contribution in [0.2, 0.25) is 0 Å². The first-order valence-electron chi connectivity index (χ1n) is 3.53. The van der Waals surface area contributed by atoms with Crippen LogP contribution in [0.5, 0.6) is 0 Å². The Morgan fingerprint density at radius 3 is 2.67 bits per heavy atom. The van der Waals surface area contributed by atoms with Gasteiger partial charge in [-0.25, -0.2) is 0 Å².